The van der Waals surface area contributed by atoms with E-state index in [4.69, 9.17) is 0 Å². The molecule has 1 nitrogen and oxygen atoms in total. The quantitative estimate of drug-likeness (QED) is 0.372. The highest BCUT2D eigenvalue weighted by atomic mass is 31.2. The van der Waals surface area contributed by atoms with E-state index in [2.05, 4.69) is 24.4 Å². The van der Waals surface area contributed by atoms with Gasteiger partial charge in [0, 0.05) is 11.0 Å². The van der Waals surface area contributed by atoms with Gasteiger partial charge < -0.3 is 4.57 Å². The summed E-state index contributed by atoms with van der Waals surface area (Å²) in [5, 5.41) is 1.56. The molecule has 0 fully saturated rings. The van der Waals surface area contributed by atoms with Gasteiger partial charge in [-0.25, -0.2) is 0 Å². The van der Waals surface area contributed by atoms with Crippen molar-refractivity contribution in [2.45, 2.75) is 19.5 Å². The summed E-state index contributed by atoms with van der Waals surface area (Å²) in [5.41, 5.74) is 6.15. The zero-order chi connectivity index (χ0) is 18.6. The van der Waals surface area contributed by atoms with Crippen molar-refractivity contribution < 1.29 is 4.57 Å². The molecule has 0 amide bonds. The lowest BCUT2D eigenvalue weighted by Gasteiger charge is -2.25. The molecular weight excluding hydrogens is 335 g/mol. The summed E-state index contributed by atoms with van der Waals surface area (Å²) >= 11 is 0. The Morgan fingerprint density at radius 3 is 1.81 bits per heavy atom. The van der Waals surface area contributed by atoms with E-state index >= 15 is 0 Å². The first-order valence-electron chi connectivity index (χ1n) is 8.79. The van der Waals surface area contributed by atoms with Gasteiger partial charge in [-0.15, -0.1) is 5.73 Å². The predicted molar refractivity (Wildman–Crippen MR) is 113 cm³/mol. The highest BCUT2D eigenvalue weighted by molar-refractivity contribution is 7.81. The molecule has 0 N–H and O–H groups in total. The van der Waals surface area contributed by atoms with Crippen molar-refractivity contribution in [3.8, 4) is 11.1 Å². The fraction of sp³-hybridized carbons (Fsp3) is 0.125. The summed E-state index contributed by atoms with van der Waals surface area (Å²) < 4.78 is 14.2. The summed E-state index contributed by atoms with van der Waals surface area (Å²) in [6, 6.07) is 28.1. The summed E-state index contributed by atoms with van der Waals surface area (Å²) in [6.07, 6.45) is 0. The van der Waals surface area contributed by atoms with Gasteiger partial charge in [0.25, 0.3) is 0 Å². The van der Waals surface area contributed by atoms with E-state index in [1.165, 1.54) is 0 Å². The summed E-state index contributed by atoms with van der Waals surface area (Å²) in [7, 11) is -2.84. The lowest BCUT2D eigenvalue weighted by atomic mass is 10.1. The molecule has 0 unspecified atom stereocenters. The van der Waals surface area contributed by atoms with Gasteiger partial charge in [0.2, 0.25) is 0 Å². The summed E-state index contributed by atoms with van der Waals surface area (Å²) in [4.78, 5) is 0. The minimum atomic E-state index is -2.84. The third-order valence-corrected chi connectivity index (χ3v) is 8.23. The second-order valence-electron chi connectivity index (χ2n) is 6.56. The highest BCUT2D eigenvalue weighted by Crippen LogP contribution is 2.60. The molecule has 130 valence electrons. The standard InChI is InChI=1S/C24H23OP/c1-4-24(22-13-9-6-10-14-22)26(25,19(2)3)23-17-15-21(16-18-23)20-11-7-5-8-12-20/h5-19H,1H2,2-3H3/t26-/m0/s1. The Balaban J connectivity index is 2.08. The molecule has 0 aliphatic carbocycles. The van der Waals surface area contributed by atoms with Crippen molar-refractivity contribution in [2.24, 2.45) is 0 Å². The molecule has 0 aromatic heterocycles. The Hall–Kier alpha value is -2.59. The van der Waals surface area contributed by atoms with Crippen LogP contribution in [0.2, 0.25) is 0 Å². The normalized spacial score (nSPS) is 13.0. The fourth-order valence-corrected chi connectivity index (χ4v) is 5.93. The number of hydrogen-bond donors (Lipinski definition) is 0. The molecule has 3 aromatic rings. The van der Waals surface area contributed by atoms with Crippen LogP contribution >= 0.6 is 7.14 Å². The Bertz CT molecular complexity index is 964. The zero-order valence-corrected chi connectivity index (χ0v) is 16.1. The van der Waals surface area contributed by atoms with Crippen LogP contribution < -0.4 is 5.30 Å². The van der Waals surface area contributed by atoms with Crippen LogP contribution in [0.5, 0.6) is 0 Å². The lowest BCUT2D eigenvalue weighted by molar-refractivity contribution is 0.582. The molecule has 0 aliphatic rings. The predicted octanol–water partition coefficient (Wildman–Crippen LogP) is 6.58. The SMILES string of the molecule is C=C=C(c1ccccc1)[P@@](=O)(c1ccc(-c2ccccc2)cc1)C(C)C. The van der Waals surface area contributed by atoms with Crippen LogP contribution in [0.4, 0.5) is 0 Å². The van der Waals surface area contributed by atoms with Gasteiger partial charge in [-0.3, -0.25) is 0 Å². The van der Waals surface area contributed by atoms with Gasteiger partial charge in [0.1, 0.15) is 0 Å². The molecule has 3 aromatic carbocycles. The maximum absolute atomic E-state index is 14.2. The van der Waals surface area contributed by atoms with Gasteiger partial charge in [-0.05, 0) is 16.7 Å². The van der Waals surface area contributed by atoms with Crippen LogP contribution in [0.1, 0.15) is 19.4 Å². The van der Waals surface area contributed by atoms with E-state index in [1.54, 1.807) is 0 Å². The highest BCUT2D eigenvalue weighted by Gasteiger charge is 2.34. The van der Waals surface area contributed by atoms with Crippen LogP contribution in [0.25, 0.3) is 16.4 Å². The van der Waals surface area contributed by atoms with Crippen LogP contribution in [-0.2, 0) is 4.57 Å². The average molecular weight is 358 g/mol. The van der Waals surface area contributed by atoms with E-state index < -0.39 is 7.14 Å². The molecular formula is C24H23OP. The van der Waals surface area contributed by atoms with E-state index in [0.717, 1.165) is 22.0 Å². The maximum Gasteiger partial charge on any atom is 0.153 e. The van der Waals surface area contributed by atoms with Crippen LogP contribution in [0.3, 0.4) is 0 Å². The van der Waals surface area contributed by atoms with Crippen molar-refractivity contribution in [1.29, 1.82) is 0 Å². The molecule has 0 spiro atoms. The van der Waals surface area contributed by atoms with Crippen LogP contribution in [0.15, 0.2) is 97.2 Å². The largest absolute Gasteiger partial charge is 0.313 e. The Labute approximate surface area is 156 Å². The van der Waals surface area contributed by atoms with E-state index in [9.17, 15) is 4.57 Å². The van der Waals surface area contributed by atoms with E-state index in [1.807, 2.05) is 86.6 Å². The number of hydrogen-bond acceptors (Lipinski definition) is 1. The Kier molecular flexibility index (Phi) is 5.43. The molecule has 0 saturated heterocycles. The van der Waals surface area contributed by atoms with Crippen molar-refractivity contribution in [3.63, 3.8) is 0 Å². The van der Waals surface area contributed by atoms with E-state index in [0.29, 0.717) is 5.31 Å². The smallest absolute Gasteiger partial charge is 0.153 e. The Morgan fingerprint density at radius 1 is 0.808 bits per heavy atom. The van der Waals surface area contributed by atoms with Crippen LogP contribution in [-0.4, -0.2) is 5.66 Å². The van der Waals surface area contributed by atoms with Crippen LogP contribution in [0, 0.1) is 0 Å². The lowest BCUT2D eigenvalue weighted by Crippen LogP contribution is -2.13. The monoisotopic (exact) mass is 358 g/mol. The number of benzene rings is 3. The molecule has 0 radical (unpaired) electrons. The van der Waals surface area contributed by atoms with Gasteiger partial charge in [0.05, 0.1) is 5.31 Å². The molecule has 0 aliphatic heterocycles. The zero-order valence-electron chi connectivity index (χ0n) is 15.2. The molecule has 0 saturated carbocycles. The van der Waals surface area contributed by atoms with E-state index in [-0.39, 0.29) is 5.66 Å². The fourth-order valence-electron chi connectivity index (χ4n) is 3.20. The number of rotatable bonds is 5. The van der Waals surface area contributed by atoms with Crippen molar-refractivity contribution in [3.05, 3.63) is 103 Å². The van der Waals surface area contributed by atoms with Gasteiger partial charge in [-0.2, -0.15) is 0 Å². The third-order valence-electron chi connectivity index (χ3n) is 4.63. The topological polar surface area (TPSA) is 17.1 Å². The van der Waals surface area contributed by atoms with Crippen molar-refractivity contribution in [2.75, 3.05) is 0 Å². The molecule has 2 heteroatoms. The minimum absolute atomic E-state index is 0.0328. The average Bonchev–Trinajstić information content (AvgIpc) is 2.70. The van der Waals surface area contributed by atoms with Gasteiger partial charge >= 0.3 is 0 Å². The molecule has 0 heterocycles. The second kappa shape index (κ2) is 7.75. The first-order valence-corrected chi connectivity index (χ1v) is 10.6. The Morgan fingerprint density at radius 2 is 1.31 bits per heavy atom. The second-order valence-corrected chi connectivity index (χ2v) is 9.87. The summed E-state index contributed by atoms with van der Waals surface area (Å²) in [6.45, 7) is 7.85. The maximum atomic E-state index is 14.2. The molecule has 3 rings (SSSR count). The first kappa shape index (κ1) is 18.2. The van der Waals surface area contributed by atoms with Crippen molar-refractivity contribution >= 4 is 17.8 Å². The van der Waals surface area contributed by atoms with Gasteiger partial charge in [0.15, 0.2) is 7.14 Å². The molecule has 0 bridgehead atoms. The molecule has 26 heavy (non-hydrogen) atoms. The van der Waals surface area contributed by atoms with Gasteiger partial charge in [-0.1, -0.05) is 105 Å². The minimum Gasteiger partial charge on any atom is -0.313 e. The molecule has 1 atom stereocenters. The first-order chi connectivity index (χ1) is 12.6. The third kappa shape index (κ3) is 3.37. The summed E-state index contributed by atoms with van der Waals surface area (Å²) in [5.74, 6) is 0. The van der Waals surface area contributed by atoms with Crippen molar-refractivity contribution in [1.82, 2.24) is 0 Å².